The van der Waals surface area contributed by atoms with Crippen LogP contribution < -0.4 is 0 Å². The molecule has 0 aliphatic rings. The summed E-state index contributed by atoms with van der Waals surface area (Å²) in [6.45, 7) is 0. The molecule has 0 amide bonds. The van der Waals surface area contributed by atoms with Gasteiger partial charge in [0.15, 0.2) is 0 Å². The van der Waals surface area contributed by atoms with Crippen LogP contribution in [0.25, 0.3) is 0 Å². The van der Waals surface area contributed by atoms with Gasteiger partial charge in [-0.1, -0.05) is 0 Å². The Labute approximate surface area is 244 Å². The molecule has 0 unspecified atom stereocenters. The Morgan fingerprint density at radius 1 is 0.243 bits per heavy atom. The second-order valence-electron chi connectivity index (χ2n) is 4.25. The molecule has 0 bridgehead atoms. The predicted molar refractivity (Wildman–Crippen MR) is 106 cm³/mol. The van der Waals surface area contributed by atoms with E-state index in [2.05, 4.69) is 17.2 Å². The third kappa shape index (κ3) is 73.1. The summed E-state index contributed by atoms with van der Waals surface area (Å²) in [5.74, 6) is 0. The van der Waals surface area contributed by atoms with E-state index in [0.29, 0.717) is 0 Å². The molecule has 0 saturated carbocycles. The van der Waals surface area contributed by atoms with Crippen LogP contribution in [0.2, 0.25) is 0 Å². The fraction of sp³-hybridized carbons (Fsp3) is 0. The molecule has 0 fully saturated rings. The molecule has 0 spiro atoms. The number of phosphoric acid groups is 8. The fourth-order valence-corrected chi connectivity index (χ4v) is 4.99. The third-order valence-corrected chi connectivity index (χ3v) is 7.66. The van der Waals surface area contributed by atoms with Crippen molar-refractivity contribution in [2.45, 2.75) is 0 Å². The zero-order valence-electron chi connectivity index (χ0n) is 16.6. The first-order chi connectivity index (χ1) is 14.8. The van der Waals surface area contributed by atoms with E-state index in [1.54, 1.807) is 0 Å². The van der Waals surface area contributed by atoms with Gasteiger partial charge in [-0.25, -0.2) is 36.5 Å². The zero-order chi connectivity index (χ0) is 30.8. The molecule has 0 saturated heterocycles. The van der Waals surface area contributed by atoms with Gasteiger partial charge in [0.2, 0.25) is 0 Å². The van der Waals surface area contributed by atoms with E-state index in [1.165, 1.54) is 0 Å². The molecule has 0 aromatic rings. The van der Waals surface area contributed by atoms with Gasteiger partial charge in [-0.2, -0.15) is 17.2 Å². The first-order valence-electron chi connectivity index (χ1n) is 6.12. The molecule has 0 aromatic heterocycles. The minimum atomic E-state index is -5.05. The van der Waals surface area contributed by atoms with Gasteiger partial charge in [0.1, 0.15) is 0 Å². The van der Waals surface area contributed by atoms with Gasteiger partial charge in [0.25, 0.3) is 0 Å². The largest absolute Gasteiger partial charge is 0.478 e. The summed E-state index contributed by atoms with van der Waals surface area (Å²) >= 11 is 0. The summed E-state index contributed by atoms with van der Waals surface area (Å²) in [5, 5.41) is 0. The van der Waals surface area contributed by atoms with E-state index in [4.69, 9.17) is 78.3 Å². The number of hydrogen-bond donors (Lipinski definition) is 16. The maximum atomic E-state index is 9.63. The van der Waals surface area contributed by atoms with Gasteiger partial charge in [0.05, 0.1) is 0 Å². The minimum Gasteiger partial charge on any atom is -0.302 e. The average Bonchev–Trinajstić information content (AvgIpc) is 2.19. The van der Waals surface area contributed by atoms with Crippen LogP contribution in [0, 0.1) is 0 Å². The Morgan fingerprint density at radius 3 is 0.297 bits per heavy atom. The van der Waals surface area contributed by atoms with Crippen LogP contribution in [0.1, 0.15) is 0 Å². The molecular formula is H16KO28P8. The van der Waals surface area contributed by atoms with Gasteiger partial charge in [-0.15, -0.1) is 0 Å². The molecule has 1 radical (unpaired) electrons. The Morgan fingerprint density at radius 2 is 0.297 bits per heavy atom. The van der Waals surface area contributed by atoms with Crippen LogP contribution in [-0.4, -0.2) is 130 Å². The van der Waals surface area contributed by atoms with Crippen LogP contribution >= 0.6 is 62.6 Å². The van der Waals surface area contributed by atoms with Crippen molar-refractivity contribution in [3.05, 3.63) is 0 Å². The maximum Gasteiger partial charge on any atom is 0.478 e. The third-order valence-electron chi connectivity index (χ3n) is 0.851. The fourth-order valence-electron chi connectivity index (χ4n) is 0.554. The Balaban J connectivity index is -0.000000122. The summed E-state index contributed by atoms with van der Waals surface area (Å²) < 4.78 is 88.8. The van der Waals surface area contributed by atoms with E-state index in [1.807, 2.05) is 0 Å². The van der Waals surface area contributed by atoms with Crippen molar-refractivity contribution in [1.82, 2.24) is 0 Å². The topological polar surface area (TPSA) is 497 Å². The molecule has 225 valence electrons. The van der Waals surface area contributed by atoms with Crippen LogP contribution in [0.4, 0.5) is 0 Å². The number of hydrogen-bond acceptors (Lipinski definition) is 12. The van der Waals surface area contributed by atoms with Crippen LogP contribution in [0.15, 0.2) is 0 Å². The molecule has 0 heterocycles. The molecule has 0 atom stereocenters. The monoisotopic (exact) mass is 751 g/mol. The summed E-state index contributed by atoms with van der Waals surface area (Å²) in [6, 6.07) is 0. The molecule has 0 aromatic carbocycles. The normalized spacial score (nSPS) is 13.4. The number of rotatable bonds is 8. The second-order valence-corrected chi connectivity index (χ2v) is 14.7. The Hall–Kier alpha value is 2.68. The maximum absolute atomic E-state index is 9.63. The molecule has 28 nitrogen and oxygen atoms in total. The minimum absolute atomic E-state index is 0. The van der Waals surface area contributed by atoms with Gasteiger partial charge < -0.3 is 78.3 Å². The summed E-state index contributed by atoms with van der Waals surface area (Å²) in [6.07, 6.45) is 0. The Kier molecular flexibility index (Phi) is 24.5. The van der Waals surface area contributed by atoms with Gasteiger partial charge >= 0.3 is 62.6 Å². The molecule has 0 rings (SSSR count). The second kappa shape index (κ2) is 18.4. The summed E-state index contributed by atoms with van der Waals surface area (Å²) in [4.78, 5) is 124. The van der Waals surface area contributed by atoms with Crippen molar-refractivity contribution in [2.24, 2.45) is 0 Å². The predicted octanol–water partition coefficient (Wildman–Crippen LogP) is -3.63. The van der Waals surface area contributed by atoms with Crippen LogP contribution in [0.3, 0.4) is 0 Å². The van der Waals surface area contributed by atoms with Crippen molar-refractivity contribution in [3.8, 4) is 0 Å². The molecule has 0 aliphatic carbocycles. The van der Waals surface area contributed by atoms with Crippen molar-refractivity contribution < 1.29 is 132 Å². The molecule has 0 aliphatic heterocycles. The van der Waals surface area contributed by atoms with E-state index in [-0.39, 0.29) is 51.4 Å². The summed E-state index contributed by atoms with van der Waals surface area (Å²) in [5.41, 5.74) is 0. The smallest absolute Gasteiger partial charge is 0.302 e. The van der Waals surface area contributed by atoms with Gasteiger partial charge in [0, 0.05) is 51.4 Å². The SMILES string of the molecule is O=P(O)(O)OP(=O)(O)O.O=P(O)(O)OP(=O)(O)O.O=P(O)(O)OP(=O)(O)O.O=P(O)(O)OP(=O)(O)O.[K]. The quantitative estimate of drug-likeness (QED) is 0.0840. The van der Waals surface area contributed by atoms with Crippen LogP contribution in [0.5, 0.6) is 0 Å². The van der Waals surface area contributed by atoms with Crippen molar-refractivity contribution in [2.75, 3.05) is 0 Å². The average molecular weight is 751 g/mol. The molecule has 37 heavy (non-hydrogen) atoms. The zero-order valence-corrected chi connectivity index (χ0v) is 26.9. The summed E-state index contributed by atoms with van der Waals surface area (Å²) in [7, 11) is -40.4. The van der Waals surface area contributed by atoms with Crippen molar-refractivity contribution in [1.29, 1.82) is 0 Å². The first-order valence-corrected chi connectivity index (χ1v) is 18.4. The van der Waals surface area contributed by atoms with Crippen molar-refractivity contribution in [3.63, 3.8) is 0 Å². The molecular weight excluding hydrogens is 735 g/mol. The standard InChI is InChI=1S/K.4H4O7P2/c;4*1-8(2,3)7-9(4,5)6/h;4*(H2,1,2,3)(H2,4,5,6). The first kappa shape index (κ1) is 49.4. The molecule has 37 heteroatoms. The van der Waals surface area contributed by atoms with E-state index < -0.39 is 62.6 Å². The Bertz CT molecular complexity index is 764. The van der Waals surface area contributed by atoms with E-state index in [0.717, 1.165) is 0 Å². The van der Waals surface area contributed by atoms with Crippen LogP contribution in [-0.2, 0) is 53.8 Å². The van der Waals surface area contributed by atoms with E-state index in [9.17, 15) is 36.5 Å². The van der Waals surface area contributed by atoms with Gasteiger partial charge in [-0.05, 0) is 0 Å². The van der Waals surface area contributed by atoms with E-state index >= 15 is 0 Å². The van der Waals surface area contributed by atoms with Crippen molar-refractivity contribution >= 4 is 114 Å². The molecule has 16 N–H and O–H groups in total. The van der Waals surface area contributed by atoms with Gasteiger partial charge in [-0.3, -0.25) is 0 Å².